The number of nitrogens with one attached hydrogen (secondary N) is 2. The average molecular weight is 350 g/mol. The lowest BCUT2D eigenvalue weighted by molar-refractivity contribution is 0.251. The second-order valence-corrected chi connectivity index (χ2v) is 5.32. The number of benzene rings is 1. The molecule has 0 saturated heterocycles. The van der Waals surface area contributed by atoms with Crippen LogP contribution in [0, 0.1) is 6.92 Å². The number of amides is 2. The fourth-order valence-electron chi connectivity index (χ4n) is 1.81. The largest absolute Gasteiger partial charge is 0.481 e. The van der Waals surface area contributed by atoms with Gasteiger partial charge in [-0.3, -0.25) is 0 Å². The van der Waals surface area contributed by atoms with E-state index >= 15 is 0 Å². The monoisotopic (exact) mass is 349 g/mol. The molecule has 2 amide bonds. The van der Waals surface area contributed by atoms with Crippen LogP contribution in [0.2, 0.25) is 0 Å². The third kappa shape index (κ3) is 4.19. The Bertz CT molecular complexity index is 647. The minimum Gasteiger partial charge on any atom is -0.481 e. The molecule has 0 unspecified atom stereocenters. The Hall–Kier alpha value is -2.08. The molecule has 0 atom stereocenters. The summed E-state index contributed by atoms with van der Waals surface area (Å²) in [6, 6.07) is 9.10. The predicted molar refractivity (Wildman–Crippen MR) is 85.5 cm³/mol. The van der Waals surface area contributed by atoms with Crippen LogP contribution in [-0.4, -0.2) is 18.1 Å². The van der Waals surface area contributed by atoms with Gasteiger partial charge in [-0.25, -0.2) is 9.78 Å². The number of urea groups is 1. The van der Waals surface area contributed by atoms with Gasteiger partial charge in [0.2, 0.25) is 5.88 Å². The lowest BCUT2D eigenvalue weighted by Gasteiger charge is -2.11. The molecule has 0 aliphatic rings. The summed E-state index contributed by atoms with van der Waals surface area (Å²) in [7, 11) is 1.55. The van der Waals surface area contributed by atoms with E-state index in [2.05, 4.69) is 31.5 Å². The van der Waals surface area contributed by atoms with Crippen molar-refractivity contribution in [3.63, 3.8) is 0 Å². The molecular formula is C15H16BrN3O2. The fourth-order valence-corrected chi connectivity index (χ4v) is 2.40. The van der Waals surface area contributed by atoms with Gasteiger partial charge in [0.1, 0.15) is 0 Å². The number of rotatable bonds is 4. The number of carbonyl (C=O) groups is 1. The van der Waals surface area contributed by atoms with Crippen molar-refractivity contribution in [3.8, 4) is 5.88 Å². The minimum absolute atomic E-state index is 0.287. The van der Waals surface area contributed by atoms with E-state index in [1.807, 2.05) is 31.2 Å². The van der Waals surface area contributed by atoms with Gasteiger partial charge < -0.3 is 15.4 Å². The number of aromatic nitrogens is 1. The number of aryl methyl sites for hydroxylation is 1. The van der Waals surface area contributed by atoms with Crippen molar-refractivity contribution in [1.82, 2.24) is 10.3 Å². The van der Waals surface area contributed by atoms with E-state index in [4.69, 9.17) is 4.74 Å². The van der Waals surface area contributed by atoms with Crippen molar-refractivity contribution in [1.29, 1.82) is 0 Å². The van der Waals surface area contributed by atoms with Gasteiger partial charge in [0.25, 0.3) is 0 Å². The number of carbonyl (C=O) groups excluding carboxylic acids is 1. The molecule has 0 fully saturated rings. The Balaban J connectivity index is 1.96. The first-order chi connectivity index (χ1) is 10.1. The molecule has 1 heterocycles. The highest BCUT2D eigenvalue weighted by molar-refractivity contribution is 9.10. The van der Waals surface area contributed by atoms with Crippen LogP contribution >= 0.6 is 15.9 Å². The van der Waals surface area contributed by atoms with Crippen LogP contribution in [0.3, 0.4) is 0 Å². The quantitative estimate of drug-likeness (QED) is 0.887. The van der Waals surface area contributed by atoms with Crippen LogP contribution in [0.15, 0.2) is 41.0 Å². The summed E-state index contributed by atoms with van der Waals surface area (Å²) in [5.41, 5.74) is 2.65. The summed E-state index contributed by atoms with van der Waals surface area (Å²) < 4.78 is 5.98. The second-order valence-electron chi connectivity index (χ2n) is 4.46. The summed E-state index contributed by atoms with van der Waals surface area (Å²) in [5, 5.41) is 5.56. The molecule has 2 rings (SSSR count). The van der Waals surface area contributed by atoms with Gasteiger partial charge in [-0.15, -0.1) is 0 Å². The van der Waals surface area contributed by atoms with Gasteiger partial charge in [0, 0.05) is 22.8 Å². The van der Waals surface area contributed by atoms with Crippen LogP contribution in [0.25, 0.3) is 0 Å². The van der Waals surface area contributed by atoms with Crippen molar-refractivity contribution in [2.24, 2.45) is 0 Å². The topological polar surface area (TPSA) is 63.2 Å². The maximum absolute atomic E-state index is 11.9. The first-order valence-corrected chi connectivity index (χ1v) is 7.18. The van der Waals surface area contributed by atoms with E-state index in [1.54, 1.807) is 19.4 Å². The molecule has 21 heavy (non-hydrogen) atoms. The van der Waals surface area contributed by atoms with Gasteiger partial charge in [-0.05, 0) is 46.6 Å². The molecule has 6 heteroatoms. The standard InChI is InChI=1S/C15H16BrN3O2/c1-10-5-6-13(12(16)8-10)19-15(20)18-9-11-4-3-7-17-14(11)21-2/h3-8H,9H2,1-2H3,(H2,18,19,20). The molecule has 0 bridgehead atoms. The zero-order chi connectivity index (χ0) is 15.2. The molecule has 2 N–H and O–H groups in total. The molecule has 5 nitrogen and oxygen atoms in total. The van der Waals surface area contributed by atoms with Gasteiger partial charge in [0.15, 0.2) is 0 Å². The molecule has 0 saturated carbocycles. The number of halogens is 1. The lowest BCUT2D eigenvalue weighted by atomic mass is 10.2. The molecule has 0 radical (unpaired) electrons. The van der Waals surface area contributed by atoms with Gasteiger partial charge in [0.05, 0.1) is 12.8 Å². The molecule has 1 aromatic heterocycles. The maximum Gasteiger partial charge on any atom is 0.319 e. The summed E-state index contributed by atoms with van der Waals surface area (Å²) in [4.78, 5) is 16.0. The number of ether oxygens (including phenoxy) is 1. The van der Waals surface area contributed by atoms with Gasteiger partial charge in [-0.2, -0.15) is 0 Å². The first-order valence-electron chi connectivity index (χ1n) is 6.39. The Morgan fingerprint density at radius 1 is 1.38 bits per heavy atom. The molecule has 0 spiro atoms. The highest BCUT2D eigenvalue weighted by Crippen LogP contribution is 2.23. The van der Waals surface area contributed by atoms with Crippen LogP contribution in [-0.2, 0) is 6.54 Å². The first kappa shape index (κ1) is 15.3. The molecule has 2 aromatic rings. The van der Waals surface area contributed by atoms with E-state index in [-0.39, 0.29) is 6.03 Å². The number of methoxy groups -OCH3 is 1. The summed E-state index contributed by atoms with van der Waals surface area (Å²) >= 11 is 3.42. The zero-order valence-corrected chi connectivity index (χ0v) is 13.4. The van der Waals surface area contributed by atoms with Crippen LogP contribution < -0.4 is 15.4 Å². The fraction of sp³-hybridized carbons (Fsp3) is 0.200. The number of anilines is 1. The van der Waals surface area contributed by atoms with Crippen molar-refractivity contribution in [2.45, 2.75) is 13.5 Å². The van der Waals surface area contributed by atoms with E-state index in [0.717, 1.165) is 21.3 Å². The zero-order valence-electron chi connectivity index (χ0n) is 11.8. The summed E-state index contributed by atoms with van der Waals surface area (Å²) in [5.74, 6) is 0.509. The van der Waals surface area contributed by atoms with E-state index in [1.165, 1.54) is 0 Å². The van der Waals surface area contributed by atoms with Crippen molar-refractivity contribution in [2.75, 3.05) is 12.4 Å². The SMILES string of the molecule is COc1ncccc1CNC(=O)Nc1ccc(C)cc1Br. The van der Waals surface area contributed by atoms with E-state index in [0.29, 0.717) is 12.4 Å². The summed E-state index contributed by atoms with van der Waals surface area (Å²) in [6.07, 6.45) is 1.64. The number of hydrogen-bond acceptors (Lipinski definition) is 3. The number of hydrogen-bond donors (Lipinski definition) is 2. The Labute approximate surface area is 131 Å². The Kier molecular flexibility index (Phi) is 5.16. The van der Waals surface area contributed by atoms with Crippen molar-refractivity contribution >= 4 is 27.6 Å². The normalized spacial score (nSPS) is 10.0. The molecule has 0 aliphatic carbocycles. The third-order valence-corrected chi connectivity index (χ3v) is 3.51. The smallest absolute Gasteiger partial charge is 0.319 e. The average Bonchev–Trinajstić information content (AvgIpc) is 2.48. The minimum atomic E-state index is -0.287. The van der Waals surface area contributed by atoms with E-state index in [9.17, 15) is 4.79 Å². The van der Waals surface area contributed by atoms with Gasteiger partial charge in [-0.1, -0.05) is 12.1 Å². The van der Waals surface area contributed by atoms with Crippen LogP contribution in [0.4, 0.5) is 10.5 Å². The highest BCUT2D eigenvalue weighted by Gasteiger charge is 2.07. The number of pyridine rings is 1. The molecule has 0 aliphatic heterocycles. The third-order valence-electron chi connectivity index (χ3n) is 2.86. The Morgan fingerprint density at radius 3 is 2.90 bits per heavy atom. The van der Waals surface area contributed by atoms with E-state index < -0.39 is 0 Å². The van der Waals surface area contributed by atoms with Gasteiger partial charge >= 0.3 is 6.03 Å². The maximum atomic E-state index is 11.9. The van der Waals surface area contributed by atoms with Crippen molar-refractivity contribution in [3.05, 3.63) is 52.1 Å². The number of nitrogens with zero attached hydrogens (tertiary/aromatic N) is 1. The molecule has 1 aromatic carbocycles. The predicted octanol–water partition coefficient (Wildman–Crippen LogP) is 3.48. The lowest BCUT2D eigenvalue weighted by Crippen LogP contribution is -2.28. The van der Waals surface area contributed by atoms with Crippen LogP contribution in [0.1, 0.15) is 11.1 Å². The molecule has 110 valence electrons. The Morgan fingerprint density at radius 2 is 2.19 bits per heavy atom. The van der Waals surface area contributed by atoms with Crippen LogP contribution in [0.5, 0.6) is 5.88 Å². The second kappa shape index (κ2) is 7.08. The highest BCUT2D eigenvalue weighted by atomic mass is 79.9. The summed E-state index contributed by atoms with van der Waals surface area (Å²) in [6.45, 7) is 2.33. The molecular weight excluding hydrogens is 334 g/mol. The van der Waals surface area contributed by atoms with Crippen molar-refractivity contribution < 1.29 is 9.53 Å².